The van der Waals surface area contributed by atoms with Crippen LogP contribution in [0.15, 0.2) is 12.2 Å². The van der Waals surface area contributed by atoms with Crippen LogP contribution in [0, 0.1) is 47.3 Å². The first kappa shape index (κ1) is 77.9. The lowest BCUT2D eigenvalue weighted by atomic mass is 9.91. The van der Waals surface area contributed by atoms with Crippen molar-refractivity contribution in [2.75, 3.05) is 55.9 Å². The number of amides is 11. The zero-order valence-electron chi connectivity index (χ0n) is 56.9. The molecule has 0 bridgehead atoms. The average Bonchev–Trinajstić information content (AvgIpc) is 2.16. The van der Waals surface area contributed by atoms with Crippen LogP contribution in [0.1, 0.15) is 157 Å². The maximum Gasteiger partial charge on any atom is 0.246 e. The molecule has 5 N–H and O–H groups in total. The summed E-state index contributed by atoms with van der Waals surface area (Å²) in [5.74, 6) is -10.3. The Bertz CT molecular complexity index is 2360. The van der Waals surface area contributed by atoms with E-state index in [1.165, 1.54) is 87.7 Å². The summed E-state index contributed by atoms with van der Waals surface area (Å²) < 4.78 is 0. The van der Waals surface area contributed by atoms with Gasteiger partial charge in [0.05, 0.1) is 12.6 Å². The molecule has 1 aliphatic heterocycles. The van der Waals surface area contributed by atoms with Gasteiger partial charge in [0, 0.05) is 49.3 Å². The van der Waals surface area contributed by atoms with Gasteiger partial charge in [-0.1, -0.05) is 116 Å². The van der Waals surface area contributed by atoms with Crippen LogP contribution < -0.4 is 21.3 Å². The normalized spacial score (nSPS) is 26.8. The maximum absolute atomic E-state index is 15.2. The van der Waals surface area contributed by atoms with E-state index in [9.17, 15) is 48.3 Å². The molecule has 0 aromatic rings. The van der Waals surface area contributed by atoms with Crippen LogP contribution in [0.3, 0.4) is 0 Å². The standard InChI is InChI=1S/C63H113N11O12/c1-26-27-28-41(16)53(76)52-57(80)67-49(38(10)11)61(84)68(19)33-48(75)69(20)44(29-34(2)3)56(79)66-50(39(12)13)62(85)70(21)45(30-35(4)5)55(78)64-42(17)54(77)65-43(18)58(81)71(22)46(31-36(6)7)59(82)72(23)47(32-37(8)9)60(83)73(24)51(40(14)15)63(86)74(52)25/h26-27,34-47,49-53,76H,28-33H2,1-25H3,(H,64,78)(H,65,77)(H,66,79)(H,67,80)/b27-26+/t41-,42+,43-,44+,45+,46+,47+,49+,50+,51-,52+,53-/m1/s1. The van der Waals surface area contributed by atoms with Gasteiger partial charge in [-0.25, -0.2) is 0 Å². The first-order chi connectivity index (χ1) is 39.6. The molecule has 0 radical (unpaired) electrons. The smallest absolute Gasteiger partial charge is 0.246 e. The second kappa shape index (κ2) is 35.0. The van der Waals surface area contributed by atoms with Crippen molar-refractivity contribution in [3.63, 3.8) is 0 Å². The fraction of sp³-hybridized carbons (Fsp3) is 0.794. The van der Waals surface area contributed by atoms with Gasteiger partial charge in [-0.05, 0) is 100 Å². The number of likely N-dealkylation sites (N-methyl/N-ethyl adjacent to an activating group) is 7. The van der Waals surface area contributed by atoms with Crippen molar-refractivity contribution in [3.05, 3.63) is 12.2 Å². The number of rotatable bonds is 15. The number of nitrogens with zero attached hydrogens (tertiary/aromatic N) is 7. The Kier molecular flexibility index (Phi) is 31.7. The SMILES string of the molecule is C/C=C/C[C@@H](C)[C@@H](O)[C@H]1C(=O)N[C@@H](C(C)C)C(=O)N(C)CC(=O)N(C)[C@@H](CC(C)C)C(=O)N[C@@H](C(C)C)C(=O)N(C)[C@@H](CC(C)C)C(=O)N[C@@H](C)C(=O)N[C@H](C)C(=O)N(C)[C@@H](CC(C)C)C(=O)N(C)[C@@H](CC(C)C)C(=O)N(C)[C@H](C(C)C)C(=O)N1C. The molecule has 1 rings (SSSR count). The summed E-state index contributed by atoms with van der Waals surface area (Å²) in [7, 11) is 9.93. The van der Waals surface area contributed by atoms with Gasteiger partial charge in [-0.2, -0.15) is 0 Å². The number of carbonyl (C=O) groups excluding carboxylic acids is 11. The number of allylic oxidation sites excluding steroid dienone is 2. The fourth-order valence-corrected chi connectivity index (χ4v) is 10.8. The van der Waals surface area contributed by atoms with Gasteiger partial charge in [0.1, 0.15) is 60.4 Å². The molecule has 0 spiro atoms. The molecule has 1 fully saturated rings. The molecule has 11 amide bonds. The zero-order valence-corrected chi connectivity index (χ0v) is 56.9. The highest BCUT2D eigenvalue weighted by atomic mass is 16.3. The number of hydrogen-bond donors (Lipinski definition) is 5. The number of aliphatic hydroxyl groups is 1. The van der Waals surface area contributed by atoms with E-state index in [0.717, 1.165) is 9.80 Å². The Labute approximate surface area is 515 Å². The molecule has 0 aromatic carbocycles. The second-order valence-electron chi connectivity index (χ2n) is 26.9. The van der Waals surface area contributed by atoms with Gasteiger partial charge in [-0.15, -0.1) is 0 Å². The Morgan fingerprint density at radius 2 is 0.791 bits per heavy atom. The van der Waals surface area contributed by atoms with E-state index in [-0.39, 0.29) is 49.4 Å². The van der Waals surface area contributed by atoms with Crippen molar-refractivity contribution >= 4 is 65.0 Å². The first-order valence-corrected chi connectivity index (χ1v) is 30.9. The van der Waals surface area contributed by atoms with Crippen molar-refractivity contribution in [1.82, 2.24) is 55.6 Å². The molecule has 86 heavy (non-hydrogen) atoms. The molecule has 1 saturated heterocycles. The molecule has 23 heteroatoms. The summed E-state index contributed by atoms with van der Waals surface area (Å²) in [6, 6.07) is -12.4. The second-order valence-corrected chi connectivity index (χ2v) is 26.9. The maximum atomic E-state index is 15.2. The predicted octanol–water partition coefficient (Wildman–Crippen LogP) is 3.52. The third-order valence-corrected chi connectivity index (χ3v) is 16.3. The third kappa shape index (κ3) is 21.6. The molecule has 1 aliphatic rings. The molecule has 12 atom stereocenters. The van der Waals surface area contributed by atoms with E-state index >= 15 is 9.59 Å². The van der Waals surface area contributed by atoms with E-state index < -0.39 is 162 Å². The van der Waals surface area contributed by atoms with Crippen molar-refractivity contribution in [3.8, 4) is 0 Å². The monoisotopic (exact) mass is 1220 g/mol. The van der Waals surface area contributed by atoms with Crippen LogP contribution in [0.5, 0.6) is 0 Å². The number of nitrogens with one attached hydrogen (secondary N) is 4. The molecule has 1 heterocycles. The topological polar surface area (TPSA) is 279 Å². The van der Waals surface area contributed by atoms with Crippen LogP contribution >= 0.6 is 0 Å². The van der Waals surface area contributed by atoms with Crippen LogP contribution in [0.4, 0.5) is 0 Å². The van der Waals surface area contributed by atoms with Crippen LogP contribution in [-0.4, -0.2) is 227 Å². The van der Waals surface area contributed by atoms with Crippen molar-refractivity contribution in [1.29, 1.82) is 0 Å². The number of aliphatic hydroxyl groups excluding tert-OH is 1. The third-order valence-electron chi connectivity index (χ3n) is 16.3. The number of hydrogen-bond acceptors (Lipinski definition) is 12. The Morgan fingerprint density at radius 1 is 0.419 bits per heavy atom. The summed E-state index contributed by atoms with van der Waals surface area (Å²) in [6.45, 7) is 31.1. The van der Waals surface area contributed by atoms with Crippen LogP contribution in [0.2, 0.25) is 0 Å². The molecule has 0 saturated carbocycles. The van der Waals surface area contributed by atoms with E-state index in [0.29, 0.717) is 6.42 Å². The van der Waals surface area contributed by atoms with Crippen LogP contribution in [0.25, 0.3) is 0 Å². The lowest BCUT2D eigenvalue weighted by molar-refractivity contribution is -0.157. The number of carbonyl (C=O) groups is 11. The highest BCUT2D eigenvalue weighted by Crippen LogP contribution is 2.26. The van der Waals surface area contributed by atoms with Gasteiger partial charge < -0.3 is 60.7 Å². The minimum absolute atomic E-state index is 0.131. The zero-order chi connectivity index (χ0) is 66.8. The predicted molar refractivity (Wildman–Crippen MR) is 333 cm³/mol. The lowest BCUT2D eigenvalue weighted by Gasteiger charge is -2.41. The summed E-state index contributed by atoms with van der Waals surface area (Å²) in [6.07, 6.45) is 3.00. The van der Waals surface area contributed by atoms with E-state index in [2.05, 4.69) is 21.3 Å². The van der Waals surface area contributed by atoms with Crippen LogP contribution in [-0.2, 0) is 52.7 Å². The Hall–Kier alpha value is -6.13. The van der Waals surface area contributed by atoms with E-state index in [1.807, 2.05) is 61.5 Å². The van der Waals surface area contributed by atoms with E-state index in [1.54, 1.807) is 61.5 Å². The first-order valence-electron chi connectivity index (χ1n) is 30.9. The highest BCUT2D eigenvalue weighted by molar-refractivity contribution is 5.99. The molecular weight excluding hydrogens is 1100 g/mol. The molecule has 0 unspecified atom stereocenters. The van der Waals surface area contributed by atoms with Gasteiger partial charge in [0.25, 0.3) is 0 Å². The molecule has 0 aliphatic carbocycles. The van der Waals surface area contributed by atoms with Gasteiger partial charge >= 0.3 is 0 Å². The summed E-state index contributed by atoms with van der Waals surface area (Å²) in [5.41, 5.74) is 0. The summed E-state index contributed by atoms with van der Waals surface area (Å²) in [4.78, 5) is 169. The highest BCUT2D eigenvalue weighted by Gasteiger charge is 2.46. The van der Waals surface area contributed by atoms with Gasteiger partial charge in [0.15, 0.2) is 0 Å². The molecule has 492 valence electrons. The van der Waals surface area contributed by atoms with Crippen molar-refractivity contribution in [2.24, 2.45) is 47.3 Å². The molecular formula is C63H113N11O12. The quantitative estimate of drug-likeness (QED) is 0.147. The lowest BCUT2D eigenvalue weighted by Crippen LogP contribution is -2.64. The average molecular weight is 1220 g/mol. The summed E-state index contributed by atoms with van der Waals surface area (Å²) in [5, 5.41) is 23.2. The van der Waals surface area contributed by atoms with Crippen molar-refractivity contribution < 1.29 is 57.8 Å². The van der Waals surface area contributed by atoms with Crippen molar-refractivity contribution in [2.45, 2.75) is 223 Å². The van der Waals surface area contributed by atoms with Gasteiger partial charge in [0.2, 0.25) is 65.0 Å². The van der Waals surface area contributed by atoms with E-state index in [4.69, 9.17) is 0 Å². The minimum Gasteiger partial charge on any atom is -0.390 e. The Balaban J connectivity index is 4.37. The van der Waals surface area contributed by atoms with Gasteiger partial charge in [-0.3, -0.25) is 52.7 Å². The Morgan fingerprint density at radius 3 is 1.23 bits per heavy atom. The largest absolute Gasteiger partial charge is 0.390 e. The molecule has 23 nitrogen and oxygen atoms in total. The molecule has 0 aromatic heterocycles. The fourth-order valence-electron chi connectivity index (χ4n) is 10.8. The minimum atomic E-state index is -1.62. The summed E-state index contributed by atoms with van der Waals surface area (Å²) >= 11 is 0.